The van der Waals surface area contributed by atoms with E-state index in [0.29, 0.717) is 5.75 Å². The third kappa shape index (κ3) is 7.94. The summed E-state index contributed by atoms with van der Waals surface area (Å²) < 4.78 is 28.4. The normalized spacial score (nSPS) is 21.8. The summed E-state index contributed by atoms with van der Waals surface area (Å²) in [6.07, 6.45) is -3.44. The number of esters is 3. The van der Waals surface area contributed by atoms with Crippen molar-refractivity contribution in [3.05, 3.63) is 28.8 Å². The van der Waals surface area contributed by atoms with Crippen LogP contribution in [0.3, 0.4) is 0 Å². The number of nitrogens with one attached hydrogen (secondary N) is 1. The number of amides is 1. The van der Waals surface area contributed by atoms with Gasteiger partial charge in [0.05, 0.1) is 6.42 Å². The molecule has 0 radical (unpaired) electrons. The Labute approximate surface area is 211 Å². The second-order valence-corrected chi connectivity index (χ2v) is 9.67. The van der Waals surface area contributed by atoms with Crippen LogP contribution in [0.4, 0.5) is 0 Å². The summed E-state index contributed by atoms with van der Waals surface area (Å²) in [7, 11) is 1.59. The number of ether oxygens (including phenoxy) is 5. The van der Waals surface area contributed by atoms with Crippen LogP contribution in [0.1, 0.15) is 64.2 Å². The molecule has 1 aliphatic heterocycles. The van der Waals surface area contributed by atoms with Crippen LogP contribution in [0.15, 0.2) is 12.1 Å². The van der Waals surface area contributed by atoms with E-state index in [0.717, 1.165) is 16.7 Å². The molecule has 1 N–H and O–H groups in total. The molecule has 0 aromatic heterocycles. The van der Waals surface area contributed by atoms with Gasteiger partial charge < -0.3 is 29.0 Å². The maximum Gasteiger partial charge on any atom is 0.303 e. The number of carbonyl (C=O) groups excluding carboxylic acids is 4. The molecule has 0 aliphatic carbocycles. The molecule has 0 bridgehead atoms. The first-order valence-electron chi connectivity index (χ1n) is 11.9. The predicted octanol–water partition coefficient (Wildman–Crippen LogP) is 2.64. The lowest BCUT2D eigenvalue weighted by Gasteiger charge is -2.40. The topological polar surface area (TPSA) is 126 Å². The maximum atomic E-state index is 12.2. The van der Waals surface area contributed by atoms with Crippen molar-refractivity contribution in [2.75, 3.05) is 13.7 Å². The molecule has 10 nitrogen and oxygen atoms in total. The van der Waals surface area contributed by atoms with Crippen LogP contribution >= 0.6 is 0 Å². The Morgan fingerprint density at radius 2 is 1.67 bits per heavy atom. The minimum Gasteiger partial charge on any atom is -0.464 e. The molecule has 1 fully saturated rings. The van der Waals surface area contributed by atoms with E-state index in [1.807, 2.05) is 39.8 Å². The van der Waals surface area contributed by atoms with Crippen molar-refractivity contribution in [3.63, 3.8) is 0 Å². The molecule has 1 aromatic carbocycles. The van der Waals surface area contributed by atoms with E-state index < -0.39 is 47.9 Å². The fourth-order valence-electron chi connectivity index (χ4n) is 4.58. The minimum absolute atomic E-state index is 0.0659. The first-order valence-corrected chi connectivity index (χ1v) is 11.9. The van der Waals surface area contributed by atoms with E-state index >= 15 is 0 Å². The summed E-state index contributed by atoms with van der Waals surface area (Å²) in [4.78, 5) is 47.2. The Balaban J connectivity index is 2.44. The second-order valence-electron chi connectivity index (χ2n) is 9.67. The van der Waals surface area contributed by atoms with Crippen LogP contribution in [0.25, 0.3) is 0 Å². The monoisotopic (exact) mass is 507 g/mol. The molecule has 1 aliphatic rings. The molecule has 0 saturated carbocycles. The van der Waals surface area contributed by atoms with E-state index in [2.05, 4.69) is 5.32 Å². The summed E-state index contributed by atoms with van der Waals surface area (Å²) in [5.74, 6) is -1.30. The molecule has 10 heteroatoms. The van der Waals surface area contributed by atoms with Gasteiger partial charge in [-0.3, -0.25) is 19.2 Å². The average Bonchev–Trinajstić information content (AvgIpc) is 2.72. The molecule has 4 atom stereocenters. The first kappa shape index (κ1) is 29.1. The predicted molar refractivity (Wildman–Crippen MR) is 129 cm³/mol. The number of benzene rings is 1. The van der Waals surface area contributed by atoms with Gasteiger partial charge in [0.1, 0.15) is 24.6 Å². The molecular formula is C26H37NO9. The van der Waals surface area contributed by atoms with Crippen molar-refractivity contribution in [2.45, 2.75) is 91.3 Å². The summed E-state index contributed by atoms with van der Waals surface area (Å²) in [5, 5.41) is 2.66. The molecule has 200 valence electrons. The van der Waals surface area contributed by atoms with Crippen molar-refractivity contribution < 1.29 is 42.9 Å². The highest BCUT2D eigenvalue weighted by molar-refractivity contribution is 5.77. The largest absolute Gasteiger partial charge is 0.464 e. The summed E-state index contributed by atoms with van der Waals surface area (Å²) in [6, 6.07) is 3.87. The molecule has 36 heavy (non-hydrogen) atoms. The first-order chi connectivity index (χ1) is 16.7. The molecule has 2 rings (SSSR count). The van der Waals surface area contributed by atoms with Gasteiger partial charge in [-0.1, -0.05) is 19.9 Å². The number of hydrogen-bond donors (Lipinski definition) is 1. The van der Waals surface area contributed by atoms with Crippen LogP contribution in [-0.2, 0) is 43.5 Å². The number of hydrogen-bond acceptors (Lipinski definition) is 9. The number of rotatable bonds is 9. The molecular weight excluding hydrogens is 470 g/mol. The minimum atomic E-state index is -0.992. The lowest BCUT2D eigenvalue weighted by atomic mass is 9.78. The van der Waals surface area contributed by atoms with Gasteiger partial charge in [-0.2, -0.15) is 0 Å². The van der Waals surface area contributed by atoms with E-state index in [9.17, 15) is 19.2 Å². The van der Waals surface area contributed by atoms with Crippen molar-refractivity contribution in [1.29, 1.82) is 0 Å². The summed E-state index contributed by atoms with van der Waals surface area (Å²) >= 11 is 0. The Morgan fingerprint density at radius 3 is 2.22 bits per heavy atom. The number of aryl methyl sites for hydroxylation is 2. The zero-order chi connectivity index (χ0) is 27.2. The molecule has 1 saturated heterocycles. The average molecular weight is 508 g/mol. The van der Waals surface area contributed by atoms with Gasteiger partial charge in [0.25, 0.3) is 0 Å². The standard InChI is InChI=1S/C26H37NO9/c1-14-9-15(2)24(26(6,7)12-22(31)27-8)19(10-14)35-23-11-20(33-17(4)29)25(34-18(5)30)21(36-23)13-32-16(3)28/h9-10,20-21,23,25H,11-13H2,1-8H3,(H,27,31). The van der Waals surface area contributed by atoms with Crippen molar-refractivity contribution in [1.82, 2.24) is 5.32 Å². The highest BCUT2D eigenvalue weighted by Crippen LogP contribution is 2.39. The zero-order valence-corrected chi connectivity index (χ0v) is 22.3. The third-order valence-electron chi connectivity index (χ3n) is 5.81. The Hall–Kier alpha value is -3.14. The van der Waals surface area contributed by atoms with Gasteiger partial charge in [0.2, 0.25) is 12.2 Å². The van der Waals surface area contributed by atoms with E-state index in [1.165, 1.54) is 20.8 Å². The van der Waals surface area contributed by atoms with Crippen LogP contribution in [-0.4, -0.2) is 62.1 Å². The van der Waals surface area contributed by atoms with Gasteiger partial charge >= 0.3 is 17.9 Å². The fourth-order valence-corrected chi connectivity index (χ4v) is 4.58. The Bertz CT molecular complexity index is 988. The van der Waals surface area contributed by atoms with E-state index in [4.69, 9.17) is 23.7 Å². The Morgan fingerprint density at radius 1 is 1.03 bits per heavy atom. The van der Waals surface area contributed by atoms with E-state index in [-0.39, 0.29) is 25.4 Å². The van der Waals surface area contributed by atoms with Crippen LogP contribution in [0.2, 0.25) is 0 Å². The van der Waals surface area contributed by atoms with Crippen molar-refractivity contribution in [2.24, 2.45) is 0 Å². The summed E-state index contributed by atoms with van der Waals surface area (Å²) in [6.45, 7) is 11.3. The van der Waals surface area contributed by atoms with Gasteiger partial charge in [0, 0.05) is 45.2 Å². The molecule has 1 aromatic rings. The second kappa shape index (κ2) is 12.2. The lowest BCUT2D eigenvalue weighted by molar-refractivity contribution is -0.246. The zero-order valence-electron chi connectivity index (χ0n) is 22.3. The Kier molecular flexibility index (Phi) is 9.86. The molecule has 1 amide bonds. The SMILES string of the molecule is CNC(=O)CC(C)(C)c1c(C)cc(C)cc1OC1CC(OC(C)=O)C(OC(C)=O)C(COC(C)=O)O1. The maximum absolute atomic E-state index is 12.2. The van der Waals surface area contributed by atoms with Crippen LogP contribution < -0.4 is 10.1 Å². The quantitative estimate of drug-likeness (QED) is 0.396. The van der Waals surface area contributed by atoms with Gasteiger partial charge in [0.15, 0.2) is 6.10 Å². The van der Waals surface area contributed by atoms with Crippen LogP contribution in [0, 0.1) is 13.8 Å². The fraction of sp³-hybridized carbons (Fsp3) is 0.615. The van der Waals surface area contributed by atoms with E-state index in [1.54, 1.807) is 7.05 Å². The van der Waals surface area contributed by atoms with Crippen LogP contribution in [0.5, 0.6) is 5.75 Å². The summed E-state index contributed by atoms with van der Waals surface area (Å²) in [5.41, 5.74) is 2.15. The third-order valence-corrected chi connectivity index (χ3v) is 5.81. The smallest absolute Gasteiger partial charge is 0.303 e. The molecule has 4 unspecified atom stereocenters. The molecule has 0 spiro atoms. The highest BCUT2D eigenvalue weighted by Gasteiger charge is 2.45. The van der Waals surface area contributed by atoms with Crippen molar-refractivity contribution >= 4 is 23.8 Å². The lowest BCUT2D eigenvalue weighted by Crippen LogP contribution is -2.54. The van der Waals surface area contributed by atoms with Gasteiger partial charge in [-0.05, 0) is 31.0 Å². The number of carbonyl (C=O) groups is 4. The van der Waals surface area contributed by atoms with Gasteiger partial charge in [-0.15, -0.1) is 0 Å². The van der Waals surface area contributed by atoms with Crippen molar-refractivity contribution in [3.8, 4) is 5.75 Å². The highest BCUT2D eigenvalue weighted by atomic mass is 16.7. The van der Waals surface area contributed by atoms with Gasteiger partial charge in [-0.25, -0.2) is 0 Å². The molecule has 1 heterocycles.